The number of fused-ring (bicyclic) bond motifs is 1. The molecule has 1 heterocycles. The fourth-order valence-electron chi connectivity index (χ4n) is 1.48. The molecule has 5 heteroatoms. The van der Waals surface area contributed by atoms with Gasteiger partial charge in [0, 0.05) is 0 Å². The highest BCUT2D eigenvalue weighted by atomic mass is 16.4. The van der Waals surface area contributed by atoms with Crippen LogP contribution in [0.3, 0.4) is 0 Å². The predicted octanol–water partition coefficient (Wildman–Crippen LogP) is 1.04. The molecule has 0 fully saturated rings. The second-order valence-electron chi connectivity index (χ2n) is 3.49. The fourth-order valence-corrected chi connectivity index (χ4v) is 1.48. The lowest BCUT2D eigenvalue weighted by atomic mass is 10.2. The fraction of sp³-hybridized carbons (Fsp3) is 0.182. The zero-order chi connectivity index (χ0) is 11.7. The Morgan fingerprint density at radius 2 is 2.12 bits per heavy atom. The second kappa shape index (κ2) is 3.77. The Balaban J connectivity index is 2.70. The standard InChI is InChI=1S/C11H10N2O3/c1-7(11(15)16)13-6-12-9-5-3-2-4-8(9)10(13)14/h2-7H,1H3,(H,15,16)/t7-/m1/s1. The van der Waals surface area contributed by atoms with Gasteiger partial charge in [-0.25, -0.2) is 9.78 Å². The molecule has 82 valence electrons. The molecule has 0 aliphatic carbocycles. The van der Waals surface area contributed by atoms with Crippen LogP contribution in [0.15, 0.2) is 35.4 Å². The first-order valence-corrected chi connectivity index (χ1v) is 4.80. The molecule has 16 heavy (non-hydrogen) atoms. The van der Waals surface area contributed by atoms with Crippen LogP contribution in [0.5, 0.6) is 0 Å². The summed E-state index contributed by atoms with van der Waals surface area (Å²) in [6.07, 6.45) is 1.27. The minimum absolute atomic E-state index is 0.333. The Hall–Kier alpha value is -2.17. The van der Waals surface area contributed by atoms with E-state index in [9.17, 15) is 9.59 Å². The summed E-state index contributed by atoms with van der Waals surface area (Å²) in [6.45, 7) is 1.44. The van der Waals surface area contributed by atoms with Crippen molar-refractivity contribution in [2.75, 3.05) is 0 Å². The van der Waals surface area contributed by atoms with Gasteiger partial charge in [0.2, 0.25) is 0 Å². The van der Waals surface area contributed by atoms with Gasteiger partial charge in [0.15, 0.2) is 0 Å². The van der Waals surface area contributed by atoms with Gasteiger partial charge in [0.1, 0.15) is 6.04 Å². The zero-order valence-electron chi connectivity index (χ0n) is 8.62. The van der Waals surface area contributed by atoms with Crippen LogP contribution in [0.1, 0.15) is 13.0 Å². The summed E-state index contributed by atoms with van der Waals surface area (Å²) in [4.78, 5) is 26.8. The maximum absolute atomic E-state index is 11.9. The summed E-state index contributed by atoms with van der Waals surface area (Å²) in [5, 5.41) is 9.27. The zero-order valence-corrected chi connectivity index (χ0v) is 8.62. The lowest BCUT2D eigenvalue weighted by Crippen LogP contribution is -2.28. The van der Waals surface area contributed by atoms with Gasteiger partial charge < -0.3 is 5.11 Å². The number of para-hydroxylation sites is 1. The third-order valence-electron chi connectivity index (χ3n) is 2.46. The molecule has 0 amide bonds. The van der Waals surface area contributed by atoms with Crippen LogP contribution in [-0.4, -0.2) is 20.6 Å². The average molecular weight is 218 g/mol. The van der Waals surface area contributed by atoms with Crippen molar-refractivity contribution in [3.8, 4) is 0 Å². The molecule has 5 nitrogen and oxygen atoms in total. The number of rotatable bonds is 2. The summed E-state index contributed by atoms with van der Waals surface area (Å²) < 4.78 is 1.12. The molecular formula is C11H10N2O3. The molecule has 0 spiro atoms. The van der Waals surface area contributed by atoms with E-state index in [2.05, 4.69) is 4.98 Å². The average Bonchev–Trinajstić information content (AvgIpc) is 2.29. The number of carbonyl (C=O) groups is 1. The van der Waals surface area contributed by atoms with Crippen LogP contribution in [0.2, 0.25) is 0 Å². The molecule has 1 N–H and O–H groups in total. The third kappa shape index (κ3) is 1.56. The lowest BCUT2D eigenvalue weighted by molar-refractivity contribution is -0.140. The number of carboxylic acids is 1. The number of aromatic nitrogens is 2. The molecule has 0 bridgehead atoms. The first kappa shape index (κ1) is 10.4. The van der Waals surface area contributed by atoms with Crippen molar-refractivity contribution in [3.63, 3.8) is 0 Å². The van der Waals surface area contributed by atoms with Crippen LogP contribution in [-0.2, 0) is 4.79 Å². The minimum atomic E-state index is -1.06. The summed E-state index contributed by atoms with van der Waals surface area (Å²) in [6, 6.07) is 5.94. The van der Waals surface area contributed by atoms with Crippen molar-refractivity contribution >= 4 is 16.9 Å². The molecule has 0 unspecified atom stereocenters. The number of hydrogen-bond acceptors (Lipinski definition) is 3. The van der Waals surface area contributed by atoms with Crippen molar-refractivity contribution in [2.45, 2.75) is 13.0 Å². The monoisotopic (exact) mass is 218 g/mol. The smallest absolute Gasteiger partial charge is 0.326 e. The van der Waals surface area contributed by atoms with E-state index in [4.69, 9.17) is 5.11 Å². The molecule has 0 saturated heterocycles. The highest BCUT2D eigenvalue weighted by Gasteiger charge is 2.15. The Bertz CT molecular complexity index is 603. The predicted molar refractivity (Wildman–Crippen MR) is 58.3 cm³/mol. The van der Waals surface area contributed by atoms with Gasteiger partial charge in [-0.15, -0.1) is 0 Å². The van der Waals surface area contributed by atoms with E-state index in [1.165, 1.54) is 13.3 Å². The van der Waals surface area contributed by atoms with Crippen LogP contribution in [0.4, 0.5) is 0 Å². The Kier molecular flexibility index (Phi) is 2.44. The third-order valence-corrected chi connectivity index (χ3v) is 2.46. The topological polar surface area (TPSA) is 72.2 Å². The van der Waals surface area contributed by atoms with Crippen LogP contribution >= 0.6 is 0 Å². The van der Waals surface area contributed by atoms with Crippen molar-refractivity contribution < 1.29 is 9.90 Å². The molecule has 0 aliphatic rings. The van der Waals surface area contributed by atoms with Gasteiger partial charge in [0.05, 0.1) is 17.2 Å². The number of nitrogens with zero attached hydrogens (tertiary/aromatic N) is 2. The van der Waals surface area contributed by atoms with E-state index in [-0.39, 0.29) is 5.56 Å². The molecule has 1 atom stereocenters. The molecule has 0 radical (unpaired) electrons. The van der Waals surface area contributed by atoms with E-state index in [0.29, 0.717) is 10.9 Å². The van der Waals surface area contributed by atoms with Gasteiger partial charge in [-0.2, -0.15) is 0 Å². The van der Waals surface area contributed by atoms with E-state index in [1.807, 2.05) is 0 Å². The van der Waals surface area contributed by atoms with Gasteiger partial charge >= 0.3 is 5.97 Å². The second-order valence-corrected chi connectivity index (χ2v) is 3.49. The number of aliphatic carboxylic acids is 1. The molecule has 0 saturated carbocycles. The van der Waals surface area contributed by atoms with Crippen molar-refractivity contribution in [1.82, 2.24) is 9.55 Å². The summed E-state index contributed by atoms with van der Waals surface area (Å²) in [7, 11) is 0. The highest BCUT2D eigenvalue weighted by Crippen LogP contribution is 2.08. The molecule has 0 aliphatic heterocycles. The largest absolute Gasteiger partial charge is 0.480 e. The maximum Gasteiger partial charge on any atom is 0.326 e. The van der Waals surface area contributed by atoms with Crippen molar-refractivity contribution in [3.05, 3.63) is 40.9 Å². The molecule has 2 rings (SSSR count). The van der Waals surface area contributed by atoms with Crippen LogP contribution < -0.4 is 5.56 Å². The van der Waals surface area contributed by atoms with Gasteiger partial charge in [0.25, 0.3) is 5.56 Å². The molecule has 1 aromatic carbocycles. The highest BCUT2D eigenvalue weighted by molar-refractivity contribution is 5.78. The maximum atomic E-state index is 11.9. The first-order chi connectivity index (χ1) is 7.61. The quantitative estimate of drug-likeness (QED) is 0.817. The van der Waals surface area contributed by atoms with E-state index in [0.717, 1.165) is 4.57 Å². The lowest BCUT2D eigenvalue weighted by Gasteiger charge is -2.10. The Morgan fingerprint density at radius 3 is 2.81 bits per heavy atom. The van der Waals surface area contributed by atoms with Gasteiger partial charge in [-0.1, -0.05) is 12.1 Å². The summed E-state index contributed by atoms with van der Waals surface area (Å²) >= 11 is 0. The number of carboxylic acid groups (broad SMARTS) is 1. The summed E-state index contributed by atoms with van der Waals surface area (Å²) in [5.41, 5.74) is 0.238. The minimum Gasteiger partial charge on any atom is -0.480 e. The molecule has 1 aromatic heterocycles. The van der Waals surface area contributed by atoms with E-state index >= 15 is 0 Å². The number of benzene rings is 1. The molecular weight excluding hydrogens is 208 g/mol. The normalized spacial score (nSPS) is 12.6. The van der Waals surface area contributed by atoms with Gasteiger partial charge in [-0.3, -0.25) is 9.36 Å². The van der Waals surface area contributed by atoms with Crippen molar-refractivity contribution in [2.24, 2.45) is 0 Å². The Labute approximate surface area is 91.0 Å². The van der Waals surface area contributed by atoms with Crippen molar-refractivity contribution in [1.29, 1.82) is 0 Å². The number of hydrogen-bond donors (Lipinski definition) is 1. The van der Waals surface area contributed by atoms with Gasteiger partial charge in [-0.05, 0) is 19.1 Å². The summed E-state index contributed by atoms with van der Waals surface area (Å²) in [5.74, 6) is -1.06. The Morgan fingerprint density at radius 1 is 1.44 bits per heavy atom. The van der Waals surface area contributed by atoms with E-state index in [1.54, 1.807) is 24.3 Å². The van der Waals surface area contributed by atoms with Crippen LogP contribution in [0, 0.1) is 0 Å². The first-order valence-electron chi connectivity index (χ1n) is 4.80. The van der Waals surface area contributed by atoms with Crippen LogP contribution in [0.25, 0.3) is 10.9 Å². The van der Waals surface area contributed by atoms with E-state index < -0.39 is 12.0 Å². The SMILES string of the molecule is C[C@H](C(=O)O)n1cnc2ccccc2c1=O. The molecule has 2 aromatic rings.